The van der Waals surface area contributed by atoms with E-state index in [9.17, 15) is 19.8 Å². The van der Waals surface area contributed by atoms with Crippen LogP contribution >= 0.6 is 11.6 Å². The van der Waals surface area contributed by atoms with E-state index in [0.717, 1.165) is 25.8 Å². The molecule has 10 heteroatoms. The number of aliphatic hydroxyl groups is 1. The molecule has 2 aliphatic heterocycles. The van der Waals surface area contributed by atoms with Gasteiger partial charge in [-0.1, -0.05) is 30.2 Å². The highest BCUT2D eigenvalue weighted by Gasteiger charge is 2.35. The van der Waals surface area contributed by atoms with Gasteiger partial charge in [0.05, 0.1) is 11.1 Å². The number of aliphatic hydroxyl groups excluding tert-OH is 1. The van der Waals surface area contributed by atoms with Crippen LogP contribution in [0, 0.1) is 0 Å². The van der Waals surface area contributed by atoms with Crippen molar-refractivity contribution in [2.75, 3.05) is 39.8 Å². The Labute approximate surface area is 238 Å². The molecule has 2 saturated heterocycles. The van der Waals surface area contributed by atoms with E-state index in [1.165, 1.54) is 12.1 Å². The topological polar surface area (TPSA) is 115 Å². The first-order valence-corrected chi connectivity index (χ1v) is 14.3. The number of carbonyl (C=O) groups is 1. The number of phenolic OH excluding ortho intramolecular Hbond substituents is 1. The van der Waals surface area contributed by atoms with Crippen LogP contribution in [0.15, 0.2) is 45.6 Å². The summed E-state index contributed by atoms with van der Waals surface area (Å²) in [5.41, 5.74) is 0.515. The number of amides is 1. The Morgan fingerprint density at radius 2 is 2.05 bits per heavy atom. The fraction of sp³-hybridized carbons (Fsp3) is 0.467. The van der Waals surface area contributed by atoms with Gasteiger partial charge >= 0.3 is 6.09 Å². The number of likely N-dealkylation sites (N-methyl/N-ethyl adjacent to an activating group) is 2. The molecule has 0 bridgehead atoms. The molecule has 2 aromatic carbocycles. The molecule has 0 spiro atoms. The third kappa shape index (κ3) is 5.83. The highest BCUT2D eigenvalue weighted by atomic mass is 35.5. The molecule has 2 aliphatic rings. The number of benzene rings is 2. The Bertz CT molecular complexity index is 1440. The summed E-state index contributed by atoms with van der Waals surface area (Å²) in [5, 5.41) is 25.9. The molecule has 1 aromatic heterocycles. The Balaban J connectivity index is 1.62. The van der Waals surface area contributed by atoms with Crippen LogP contribution in [0.4, 0.5) is 4.79 Å². The molecule has 0 saturated carbocycles. The number of piperidine rings is 2. The number of fused-ring (bicyclic) bond motifs is 1. The molecule has 40 heavy (non-hydrogen) atoms. The Kier molecular flexibility index (Phi) is 8.65. The highest BCUT2D eigenvalue weighted by molar-refractivity contribution is 6.33. The highest BCUT2D eigenvalue weighted by Crippen LogP contribution is 2.43. The normalized spacial score (nSPS) is 21.9. The maximum absolute atomic E-state index is 13.4. The van der Waals surface area contributed by atoms with Gasteiger partial charge in [-0.25, -0.2) is 4.79 Å². The van der Waals surface area contributed by atoms with Crippen molar-refractivity contribution < 1.29 is 24.2 Å². The monoisotopic (exact) mass is 569 g/mol. The van der Waals surface area contributed by atoms with Crippen LogP contribution in [-0.2, 0) is 0 Å². The van der Waals surface area contributed by atoms with Gasteiger partial charge in [-0.2, -0.15) is 0 Å². The van der Waals surface area contributed by atoms with Crippen LogP contribution in [0.1, 0.15) is 44.1 Å². The molecule has 5 rings (SSSR count). The summed E-state index contributed by atoms with van der Waals surface area (Å²) in [5.74, 6) is -0.575. The van der Waals surface area contributed by atoms with Crippen molar-refractivity contribution in [2.45, 2.75) is 50.7 Å². The second kappa shape index (κ2) is 12.2. The quantitative estimate of drug-likeness (QED) is 0.396. The maximum atomic E-state index is 13.4. The van der Waals surface area contributed by atoms with Crippen LogP contribution in [0.3, 0.4) is 0 Å². The van der Waals surface area contributed by atoms with Crippen molar-refractivity contribution in [3.05, 3.63) is 57.2 Å². The first-order valence-electron chi connectivity index (χ1n) is 13.9. The number of β-amino-alcohol motifs (C(OH)–C–C–N with tert-alkyl or cyclic N) is 1. The molecule has 0 radical (unpaired) electrons. The molecule has 0 unspecified atom stereocenters. The minimum Gasteiger partial charge on any atom is -0.507 e. The van der Waals surface area contributed by atoms with Crippen LogP contribution < -0.4 is 15.5 Å². The van der Waals surface area contributed by atoms with E-state index in [4.69, 9.17) is 20.8 Å². The summed E-state index contributed by atoms with van der Waals surface area (Å²) < 4.78 is 12.2. The number of aromatic hydroxyl groups is 1. The van der Waals surface area contributed by atoms with Gasteiger partial charge < -0.3 is 34.5 Å². The van der Waals surface area contributed by atoms with Gasteiger partial charge in [0.15, 0.2) is 5.43 Å². The fourth-order valence-electron chi connectivity index (χ4n) is 5.80. The van der Waals surface area contributed by atoms with E-state index in [0.29, 0.717) is 48.7 Å². The largest absolute Gasteiger partial charge is 0.507 e. The van der Waals surface area contributed by atoms with E-state index in [2.05, 4.69) is 5.32 Å². The Morgan fingerprint density at radius 1 is 1.25 bits per heavy atom. The van der Waals surface area contributed by atoms with Gasteiger partial charge in [0.25, 0.3) is 0 Å². The molecule has 1 amide bonds. The Hall–Kier alpha value is -3.11. The molecular weight excluding hydrogens is 534 g/mol. The minimum absolute atomic E-state index is 0.0320. The third-order valence-electron chi connectivity index (χ3n) is 7.97. The van der Waals surface area contributed by atoms with Crippen molar-refractivity contribution in [1.29, 1.82) is 0 Å². The lowest BCUT2D eigenvalue weighted by Gasteiger charge is -2.35. The molecular formula is C30H36ClN3O6. The molecule has 2 fully saturated rings. The molecule has 214 valence electrons. The lowest BCUT2D eigenvalue weighted by atomic mass is 9.85. The lowest BCUT2D eigenvalue weighted by molar-refractivity contribution is 0.0627. The summed E-state index contributed by atoms with van der Waals surface area (Å²) in [4.78, 5) is 30.4. The van der Waals surface area contributed by atoms with Crippen molar-refractivity contribution >= 4 is 28.7 Å². The van der Waals surface area contributed by atoms with E-state index < -0.39 is 23.5 Å². The standard InChI is InChI=1S/C30H36ClN3O6/c1-3-34(16-18-8-6-7-12-32-18)30(38)40-26-15-23(36)28-22(35)14-25(19-9-4-5-10-21(19)31)39-29(28)27(26)20-11-13-33(2)17-24(20)37/h4-5,9-10,14-15,18,20,24,32,36-37H,3,6-8,11-13,16-17H2,1-2H3/t18-,20-,24+/m0/s1. The number of phenols is 1. The lowest BCUT2D eigenvalue weighted by Crippen LogP contribution is -2.46. The average Bonchev–Trinajstić information content (AvgIpc) is 2.93. The van der Waals surface area contributed by atoms with E-state index in [1.54, 1.807) is 29.2 Å². The SMILES string of the molecule is CCN(C[C@@H]1CCCCN1)C(=O)Oc1cc(O)c2c(=O)cc(-c3ccccc3Cl)oc2c1[C@H]1CCN(C)C[C@H]1O. The molecule has 3 atom stereocenters. The summed E-state index contributed by atoms with van der Waals surface area (Å²) in [7, 11) is 1.92. The zero-order valence-corrected chi connectivity index (χ0v) is 23.6. The van der Waals surface area contributed by atoms with Gasteiger partial charge in [-0.15, -0.1) is 0 Å². The van der Waals surface area contributed by atoms with Gasteiger partial charge in [0.2, 0.25) is 0 Å². The summed E-state index contributed by atoms with van der Waals surface area (Å²) in [6, 6.07) is 9.74. The Morgan fingerprint density at radius 3 is 2.75 bits per heavy atom. The van der Waals surface area contributed by atoms with Gasteiger partial charge in [0, 0.05) is 54.9 Å². The second-order valence-corrected chi connectivity index (χ2v) is 11.2. The summed E-state index contributed by atoms with van der Waals surface area (Å²) in [6.07, 6.45) is 2.35. The van der Waals surface area contributed by atoms with Crippen LogP contribution in [0.5, 0.6) is 11.5 Å². The number of hydrogen-bond acceptors (Lipinski definition) is 8. The zero-order valence-electron chi connectivity index (χ0n) is 22.9. The van der Waals surface area contributed by atoms with E-state index in [1.807, 2.05) is 18.9 Å². The van der Waals surface area contributed by atoms with Crippen molar-refractivity contribution in [3.8, 4) is 22.8 Å². The van der Waals surface area contributed by atoms with E-state index >= 15 is 0 Å². The third-order valence-corrected chi connectivity index (χ3v) is 8.30. The van der Waals surface area contributed by atoms with Gasteiger partial charge in [-0.05, 0) is 58.5 Å². The number of carbonyl (C=O) groups excluding carboxylic acids is 1. The minimum atomic E-state index is -0.813. The summed E-state index contributed by atoms with van der Waals surface area (Å²) in [6.45, 7) is 4.81. The summed E-state index contributed by atoms with van der Waals surface area (Å²) >= 11 is 6.42. The molecule has 3 N–H and O–H groups in total. The number of hydrogen-bond donors (Lipinski definition) is 3. The number of halogens is 1. The van der Waals surface area contributed by atoms with Crippen molar-refractivity contribution in [1.82, 2.24) is 15.1 Å². The number of nitrogens with zero attached hydrogens (tertiary/aromatic N) is 2. The predicted octanol–water partition coefficient (Wildman–Crippen LogP) is 4.56. The number of rotatable bonds is 6. The van der Waals surface area contributed by atoms with Crippen LogP contribution in [0.2, 0.25) is 5.02 Å². The smallest absolute Gasteiger partial charge is 0.415 e. The van der Waals surface area contributed by atoms with E-state index in [-0.39, 0.29) is 34.3 Å². The van der Waals surface area contributed by atoms with Crippen LogP contribution in [-0.4, -0.2) is 78.0 Å². The molecule has 9 nitrogen and oxygen atoms in total. The van der Waals surface area contributed by atoms with Crippen molar-refractivity contribution in [3.63, 3.8) is 0 Å². The average molecular weight is 570 g/mol. The molecule has 0 aliphatic carbocycles. The zero-order chi connectivity index (χ0) is 28.4. The number of ether oxygens (including phenoxy) is 1. The van der Waals surface area contributed by atoms with Crippen LogP contribution in [0.25, 0.3) is 22.3 Å². The fourth-order valence-corrected chi connectivity index (χ4v) is 6.03. The van der Waals surface area contributed by atoms with Crippen molar-refractivity contribution in [2.24, 2.45) is 0 Å². The predicted molar refractivity (Wildman–Crippen MR) is 154 cm³/mol. The first kappa shape index (κ1) is 28.4. The van der Waals surface area contributed by atoms with Gasteiger partial charge in [0.1, 0.15) is 28.2 Å². The number of likely N-dealkylation sites (tertiary alicyclic amines) is 1. The maximum Gasteiger partial charge on any atom is 0.415 e. The second-order valence-electron chi connectivity index (χ2n) is 10.7. The first-order chi connectivity index (χ1) is 19.3. The number of nitrogens with one attached hydrogen (secondary N) is 1. The molecule has 3 aromatic rings. The molecule has 3 heterocycles. The van der Waals surface area contributed by atoms with Gasteiger partial charge in [-0.3, -0.25) is 4.79 Å².